The van der Waals surface area contributed by atoms with Gasteiger partial charge in [-0.25, -0.2) is 0 Å². The summed E-state index contributed by atoms with van der Waals surface area (Å²) in [6.45, 7) is 11.2. The number of hydrogen-bond donors (Lipinski definition) is 2. The van der Waals surface area contributed by atoms with Gasteiger partial charge in [0.25, 0.3) is 0 Å². The Morgan fingerprint density at radius 2 is 1.86 bits per heavy atom. The van der Waals surface area contributed by atoms with Crippen LogP contribution in [0.5, 0.6) is 0 Å². The van der Waals surface area contributed by atoms with Crippen LogP contribution >= 0.6 is 0 Å². The molecule has 2 nitrogen and oxygen atoms in total. The minimum Gasteiger partial charge on any atom is -0.393 e. The zero-order valence-corrected chi connectivity index (χ0v) is 19.2. The maximum atomic E-state index is 10.2. The topological polar surface area (TPSA) is 40.5 Å². The van der Waals surface area contributed by atoms with Crippen LogP contribution in [-0.4, -0.2) is 21.9 Å². The summed E-state index contributed by atoms with van der Waals surface area (Å²) in [7, 11) is 0. The Morgan fingerprint density at radius 1 is 1.10 bits per heavy atom. The lowest BCUT2D eigenvalue weighted by atomic mass is 9.50. The van der Waals surface area contributed by atoms with Crippen molar-refractivity contribution in [1.29, 1.82) is 0 Å². The summed E-state index contributed by atoms with van der Waals surface area (Å²) >= 11 is 0. The fraction of sp³-hybridized carbons (Fsp3) is 0.778. The van der Waals surface area contributed by atoms with Crippen LogP contribution in [0.3, 0.4) is 0 Å². The molecule has 0 bridgehead atoms. The quantitative estimate of drug-likeness (QED) is 0.554. The summed E-state index contributed by atoms with van der Waals surface area (Å²) in [5, 5.41) is 20.2. The second-order valence-electron chi connectivity index (χ2n) is 11.8. The van der Waals surface area contributed by atoms with E-state index in [0.29, 0.717) is 17.3 Å². The monoisotopic (exact) mass is 398 g/mol. The molecule has 0 spiro atoms. The molecule has 29 heavy (non-hydrogen) atoms. The van der Waals surface area contributed by atoms with Crippen molar-refractivity contribution in [3.8, 4) is 0 Å². The molecule has 3 saturated carbocycles. The second kappa shape index (κ2) is 7.38. The number of hydrogen-bond acceptors (Lipinski definition) is 2. The first kappa shape index (κ1) is 21.4. The number of aliphatic hydroxyl groups is 2. The van der Waals surface area contributed by atoms with Crippen molar-refractivity contribution < 1.29 is 10.2 Å². The van der Waals surface area contributed by atoms with Gasteiger partial charge in [-0.1, -0.05) is 56.2 Å². The van der Waals surface area contributed by atoms with Crippen molar-refractivity contribution in [2.75, 3.05) is 0 Å². The van der Waals surface area contributed by atoms with E-state index in [-0.39, 0.29) is 11.5 Å². The molecule has 0 amide bonds. The Kier molecular flexibility index (Phi) is 5.44. The van der Waals surface area contributed by atoms with Crippen LogP contribution in [0, 0.1) is 34.5 Å². The van der Waals surface area contributed by atoms with Gasteiger partial charge < -0.3 is 10.2 Å². The number of rotatable bonds is 4. The normalized spacial score (nSPS) is 43.3. The summed E-state index contributed by atoms with van der Waals surface area (Å²) in [6.07, 6.45) is 18.3. The zero-order chi connectivity index (χ0) is 21.0. The molecule has 4 rings (SSSR count). The van der Waals surface area contributed by atoms with Crippen LogP contribution in [0.1, 0.15) is 86.0 Å². The summed E-state index contributed by atoms with van der Waals surface area (Å²) in [6, 6.07) is 0. The molecule has 0 aromatic rings. The molecule has 0 aromatic heterocycles. The van der Waals surface area contributed by atoms with E-state index < -0.39 is 5.60 Å². The largest absolute Gasteiger partial charge is 0.393 e. The Bertz CT molecular complexity index is 723. The van der Waals surface area contributed by atoms with E-state index in [2.05, 4.69) is 45.1 Å². The minimum atomic E-state index is -0.615. The van der Waals surface area contributed by atoms with Crippen molar-refractivity contribution in [3.05, 3.63) is 35.5 Å². The molecular formula is C27H42O2. The molecule has 4 aliphatic carbocycles. The molecule has 4 unspecified atom stereocenters. The van der Waals surface area contributed by atoms with Gasteiger partial charge in [0, 0.05) is 0 Å². The maximum absolute atomic E-state index is 10.2. The minimum absolute atomic E-state index is 0.134. The summed E-state index contributed by atoms with van der Waals surface area (Å²) in [5.74, 6) is 2.71. The average molecular weight is 399 g/mol. The third-order valence-corrected chi connectivity index (χ3v) is 9.31. The van der Waals surface area contributed by atoms with Crippen molar-refractivity contribution in [1.82, 2.24) is 0 Å². The standard InChI is InChI=1S/C27H42O2/c1-18(7-6-14-25(2,3)29)22-10-11-23-21-9-8-19-17-20(28)12-15-26(19,4)24(21)13-16-27(22,23)5/h6-9,18,20,22-24,28-29H,10-17H2,1-5H3/b7-6+/t18-,20?,22?,23+,24+,26?,27?/m1/s1. The first-order chi connectivity index (χ1) is 13.5. The molecule has 0 aliphatic heterocycles. The lowest BCUT2D eigenvalue weighted by Gasteiger charge is -2.55. The maximum Gasteiger partial charge on any atom is 0.0626 e. The van der Waals surface area contributed by atoms with Gasteiger partial charge in [-0.3, -0.25) is 0 Å². The van der Waals surface area contributed by atoms with Crippen LogP contribution in [0.4, 0.5) is 0 Å². The molecular weight excluding hydrogens is 356 g/mol. The van der Waals surface area contributed by atoms with E-state index in [9.17, 15) is 10.2 Å². The summed E-state index contributed by atoms with van der Waals surface area (Å²) in [5.41, 5.74) is 3.30. The van der Waals surface area contributed by atoms with Crippen molar-refractivity contribution in [2.24, 2.45) is 34.5 Å². The van der Waals surface area contributed by atoms with Crippen LogP contribution in [0.2, 0.25) is 0 Å². The van der Waals surface area contributed by atoms with E-state index in [0.717, 1.165) is 37.5 Å². The fourth-order valence-electron chi connectivity index (χ4n) is 7.59. The van der Waals surface area contributed by atoms with Gasteiger partial charge in [0.2, 0.25) is 0 Å². The second-order valence-corrected chi connectivity index (χ2v) is 11.8. The van der Waals surface area contributed by atoms with Crippen LogP contribution in [0.25, 0.3) is 0 Å². The summed E-state index contributed by atoms with van der Waals surface area (Å²) < 4.78 is 0. The third kappa shape index (κ3) is 3.69. The van der Waals surface area contributed by atoms with E-state index >= 15 is 0 Å². The number of aliphatic hydroxyl groups excluding tert-OH is 1. The molecule has 4 aliphatic rings. The van der Waals surface area contributed by atoms with Gasteiger partial charge >= 0.3 is 0 Å². The van der Waals surface area contributed by atoms with Gasteiger partial charge in [0.05, 0.1) is 11.7 Å². The van der Waals surface area contributed by atoms with Crippen LogP contribution in [-0.2, 0) is 0 Å². The zero-order valence-electron chi connectivity index (χ0n) is 19.2. The first-order valence-electron chi connectivity index (χ1n) is 12.0. The molecule has 3 fully saturated rings. The molecule has 2 N–H and O–H groups in total. The molecule has 162 valence electrons. The third-order valence-electron chi connectivity index (χ3n) is 9.31. The highest BCUT2D eigenvalue weighted by molar-refractivity contribution is 5.39. The lowest BCUT2D eigenvalue weighted by molar-refractivity contribution is 0.0382. The predicted molar refractivity (Wildman–Crippen MR) is 120 cm³/mol. The van der Waals surface area contributed by atoms with Crippen molar-refractivity contribution >= 4 is 0 Å². The van der Waals surface area contributed by atoms with Gasteiger partial charge in [-0.15, -0.1) is 0 Å². The molecule has 2 heteroatoms. The number of fused-ring (bicyclic) bond motifs is 5. The van der Waals surface area contributed by atoms with E-state index in [1.54, 1.807) is 5.57 Å². The van der Waals surface area contributed by atoms with Gasteiger partial charge in [-0.05, 0) is 99.7 Å². The Hall–Kier alpha value is -0.860. The number of allylic oxidation sites excluding steroid dienone is 4. The molecule has 0 aromatic carbocycles. The molecule has 0 radical (unpaired) electrons. The smallest absolute Gasteiger partial charge is 0.0626 e. The van der Waals surface area contributed by atoms with Gasteiger partial charge in [0.1, 0.15) is 0 Å². The Labute approximate surface area is 178 Å². The Balaban J connectivity index is 1.55. The summed E-state index contributed by atoms with van der Waals surface area (Å²) in [4.78, 5) is 0. The molecule has 0 heterocycles. The highest BCUT2D eigenvalue weighted by Crippen LogP contribution is 2.65. The Morgan fingerprint density at radius 3 is 2.59 bits per heavy atom. The lowest BCUT2D eigenvalue weighted by Crippen LogP contribution is -2.46. The highest BCUT2D eigenvalue weighted by atomic mass is 16.3. The van der Waals surface area contributed by atoms with E-state index in [4.69, 9.17) is 0 Å². The molecule has 0 saturated heterocycles. The fourth-order valence-corrected chi connectivity index (χ4v) is 7.59. The average Bonchev–Trinajstić information content (AvgIpc) is 2.98. The SMILES string of the molecule is C[C@H](/C=C/CC(C)(C)O)C1CC[C@H]2C3=CC=C4CC(O)CCC4(C)[C@H]3CCC12C. The van der Waals surface area contributed by atoms with E-state index in [1.165, 1.54) is 31.3 Å². The van der Waals surface area contributed by atoms with Crippen molar-refractivity contribution in [3.63, 3.8) is 0 Å². The van der Waals surface area contributed by atoms with Crippen molar-refractivity contribution in [2.45, 2.75) is 97.7 Å². The van der Waals surface area contributed by atoms with E-state index in [1.807, 2.05) is 13.8 Å². The van der Waals surface area contributed by atoms with Gasteiger partial charge in [0.15, 0.2) is 0 Å². The first-order valence-corrected chi connectivity index (χ1v) is 12.0. The highest BCUT2D eigenvalue weighted by Gasteiger charge is 2.56. The van der Waals surface area contributed by atoms with Gasteiger partial charge in [-0.2, -0.15) is 0 Å². The van der Waals surface area contributed by atoms with Crippen LogP contribution < -0.4 is 0 Å². The van der Waals surface area contributed by atoms with Crippen LogP contribution in [0.15, 0.2) is 35.5 Å². The molecule has 7 atom stereocenters. The predicted octanol–water partition coefficient (Wildman–Crippen LogP) is 6.20.